The molecule has 0 saturated heterocycles. The van der Waals surface area contributed by atoms with Crippen molar-refractivity contribution in [3.8, 4) is 5.75 Å². The number of aliphatic hydroxyl groups excluding tert-OH is 1. The van der Waals surface area contributed by atoms with E-state index in [-0.39, 0.29) is 22.9 Å². The summed E-state index contributed by atoms with van der Waals surface area (Å²) in [6.07, 6.45) is 1.61. The van der Waals surface area contributed by atoms with Crippen molar-refractivity contribution in [1.82, 2.24) is 4.98 Å². The highest BCUT2D eigenvalue weighted by Crippen LogP contribution is 2.32. The number of benzene rings is 1. The van der Waals surface area contributed by atoms with Gasteiger partial charge in [-0.15, -0.1) is 0 Å². The van der Waals surface area contributed by atoms with E-state index < -0.39 is 6.04 Å². The van der Waals surface area contributed by atoms with Crippen molar-refractivity contribution in [2.45, 2.75) is 26.8 Å². The molecule has 1 aromatic carbocycles. The monoisotopic (exact) mass is 312 g/mol. The number of aryl methyl sites for hydroxylation is 1. The van der Waals surface area contributed by atoms with E-state index in [9.17, 15) is 15.0 Å². The SMILES string of the molecule is CC(=O)C(=C(C)O)C(Nc1ccc(C)cc1O)c1ccccn1. The molecule has 0 amide bonds. The molecule has 2 rings (SSSR count). The lowest BCUT2D eigenvalue weighted by atomic mass is 9.98. The molecule has 23 heavy (non-hydrogen) atoms. The van der Waals surface area contributed by atoms with Crippen LogP contribution in [0.3, 0.4) is 0 Å². The van der Waals surface area contributed by atoms with Crippen LogP contribution in [0, 0.1) is 6.92 Å². The molecule has 1 heterocycles. The number of aromatic nitrogens is 1. The Kier molecular flexibility index (Phi) is 5.01. The standard InChI is InChI=1S/C18H20N2O3/c1-11-7-8-14(16(23)10-11)20-18(15-6-4-5-9-19-15)17(12(2)21)13(3)22/h4-10,18,20-21,23H,1-3H3. The van der Waals surface area contributed by atoms with Crippen molar-refractivity contribution in [2.24, 2.45) is 0 Å². The highest BCUT2D eigenvalue weighted by molar-refractivity contribution is 5.95. The summed E-state index contributed by atoms with van der Waals surface area (Å²) in [7, 11) is 0. The molecule has 0 saturated carbocycles. The minimum Gasteiger partial charge on any atom is -0.512 e. The number of Topliss-reactive ketones (excluding diaryl/α,β-unsaturated/α-hetero) is 1. The van der Waals surface area contributed by atoms with E-state index in [4.69, 9.17) is 0 Å². The van der Waals surface area contributed by atoms with Gasteiger partial charge in [-0.05, 0) is 50.6 Å². The highest BCUT2D eigenvalue weighted by atomic mass is 16.3. The van der Waals surface area contributed by atoms with Gasteiger partial charge in [-0.2, -0.15) is 0 Å². The molecule has 1 atom stereocenters. The third-order valence-electron chi connectivity index (χ3n) is 3.49. The molecule has 120 valence electrons. The summed E-state index contributed by atoms with van der Waals surface area (Å²) in [4.78, 5) is 16.2. The molecule has 1 unspecified atom stereocenters. The number of pyridine rings is 1. The minimum atomic E-state index is -0.660. The number of hydrogen-bond donors (Lipinski definition) is 3. The third kappa shape index (κ3) is 3.88. The molecule has 0 radical (unpaired) electrons. The number of phenols is 1. The van der Waals surface area contributed by atoms with E-state index in [2.05, 4.69) is 10.3 Å². The van der Waals surface area contributed by atoms with Crippen molar-refractivity contribution < 1.29 is 15.0 Å². The van der Waals surface area contributed by atoms with Gasteiger partial charge in [0.05, 0.1) is 22.7 Å². The van der Waals surface area contributed by atoms with Gasteiger partial charge in [0.2, 0.25) is 0 Å². The number of aromatic hydroxyl groups is 1. The molecule has 0 fully saturated rings. The van der Waals surface area contributed by atoms with Crippen molar-refractivity contribution in [1.29, 1.82) is 0 Å². The van der Waals surface area contributed by atoms with E-state index in [1.807, 2.05) is 13.0 Å². The quantitative estimate of drug-likeness (QED) is 0.446. The Labute approximate surface area is 135 Å². The van der Waals surface area contributed by atoms with Crippen LogP contribution in [0.4, 0.5) is 5.69 Å². The Bertz CT molecular complexity index is 735. The van der Waals surface area contributed by atoms with Crippen LogP contribution in [0.2, 0.25) is 0 Å². The van der Waals surface area contributed by atoms with Gasteiger partial charge in [0.1, 0.15) is 11.8 Å². The molecule has 0 aliphatic rings. The summed E-state index contributed by atoms with van der Waals surface area (Å²) in [5.41, 5.74) is 2.17. The normalized spacial score (nSPS) is 13.2. The molecule has 2 aromatic rings. The van der Waals surface area contributed by atoms with Crippen LogP contribution in [0.5, 0.6) is 5.75 Å². The zero-order valence-electron chi connectivity index (χ0n) is 13.4. The number of nitrogens with one attached hydrogen (secondary N) is 1. The number of phenolic OH excluding ortho intramolecular Hbond substituents is 1. The summed E-state index contributed by atoms with van der Waals surface area (Å²) < 4.78 is 0. The van der Waals surface area contributed by atoms with Crippen LogP contribution < -0.4 is 5.32 Å². The predicted molar refractivity (Wildman–Crippen MR) is 89.5 cm³/mol. The topological polar surface area (TPSA) is 82.5 Å². The van der Waals surface area contributed by atoms with E-state index >= 15 is 0 Å². The number of hydrogen-bond acceptors (Lipinski definition) is 5. The van der Waals surface area contributed by atoms with Gasteiger partial charge in [-0.3, -0.25) is 9.78 Å². The Balaban J connectivity index is 2.50. The summed E-state index contributed by atoms with van der Waals surface area (Å²) in [6.45, 7) is 4.73. The lowest BCUT2D eigenvalue weighted by Crippen LogP contribution is -2.20. The van der Waals surface area contributed by atoms with E-state index in [1.165, 1.54) is 13.8 Å². The molecule has 0 aliphatic carbocycles. The fourth-order valence-electron chi connectivity index (χ4n) is 2.43. The van der Waals surface area contributed by atoms with Crippen LogP contribution in [0.1, 0.15) is 31.1 Å². The second-order valence-corrected chi connectivity index (χ2v) is 5.41. The fraction of sp³-hybridized carbons (Fsp3) is 0.222. The van der Waals surface area contributed by atoms with Crippen molar-refractivity contribution in [2.75, 3.05) is 5.32 Å². The lowest BCUT2D eigenvalue weighted by Gasteiger charge is -2.22. The van der Waals surface area contributed by atoms with Gasteiger partial charge in [-0.1, -0.05) is 12.1 Å². The highest BCUT2D eigenvalue weighted by Gasteiger charge is 2.24. The fourth-order valence-corrected chi connectivity index (χ4v) is 2.43. The number of rotatable bonds is 5. The first-order chi connectivity index (χ1) is 10.9. The number of anilines is 1. The molecule has 0 bridgehead atoms. The smallest absolute Gasteiger partial charge is 0.161 e. The summed E-state index contributed by atoms with van der Waals surface area (Å²) in [6, 6.07) is 9.87. The third-order valence-corrected chi connectivity index (χ3v) is 3.49. The number of ketones is 1. The summed E-state index contributed by atoms with van der Waals surface area (Å²) >= 11 is 0. The molecule has 0 aliphatic heterocycles. The van der Waals surface area contributed by atoms with Gasteiger partial charge < -0.3 is 15.5 Å². The van der Waals surface area contributed by atoms with Crippen LogP contribution in [-0.4, -0.2) is 21.0 Å². The van der Waals surface area contributed by atoms with Gasteiger partial charge in [0.25, 0.3) is 0 Å². The molecule has 0 spiro atoms. The number of carbonyl (C=O) groups excluding carboxylic acids is 1. The minimum absolute atomic E-state index is 0.0735. The van der Waals surface area contributed by atoms with Gasteiger partial charge in [0, 0.05) is 6.20 Å². The maximum absolute atomic E-state index is 12.0. The Morgan fingerprint density at radius 3 is 2.48 bits per heavy atom. The Morgan fingerprint density at radius 1 is 1.22 bits per heavy atom. The van der Waals surface area contributed by atoms with Crippen molar-refractivity contribution >= 4 is 11.5 Å². The number of nitrogens with zero attached hydrogens (tertiary/aromatic N) is 1. The van der Waals surface area contributed by atoms with Gasteiger partial charge >= 0.3 is 0 Å². The average molecular weight is 312 g/mol. The second-order valence-electron chi connectivity index (χ2n) is 5.41. The summed E-state index contributed by atoms with van der Waals surface area (Å²) in [5.74, 6) is -0.267. The van der Waals surface area contributed by atoms with E-state index in [0.717, 1.165) is 5.56 Å². The zero-order chi connectivity index (χ0) is 17.0. The molecule has 5 nitrogen and oxygen atoms in total. The first kappa shape index (κ1) is 16.5. The molecular weight excluding hydrogens is 292 g/mol. The number of allylic oxidation sites excluding steroid dienone is 1. The number of aliphatic hydroxyl groups is 1. The molecule has 1 aromatic heterocycles. The molecular formula is C18H20N2O3. The summed E-state index contributed by atoms with van der Waals surface area (Å²) in [5, 5.41) is 23.1. The van der Waals surface area contributed by atoms with Crippen molar-refractivity contribution in [3.63, 3.8) is 0 Å². The maximum Gasteiger partial charge on any atom is 0.161 e. The van der Waals surface area contributed by atoms with Crippen LogP contribution in [0.25, 0.3) is 0 Å². The van der Waals surface area contributed by atoms with Crippen LogP contribution >= 0.6 is 0 Å². The lowest BCUT2D eigenvalue weighted by molar-refractivity contribution is -0.114. The van der Waals surface area contributed by atoms with Crippen LogP contribution in [-0.2, 0) is 4.79 Å². The van der Waals surface area contributed by atoms with E-state index in [0.29, 0.717) is 11.4 Å². The first-order valence-electron chi connectivity index (χ1n) is 7.28. The average Bonchev–Trinajstić information content (AvgIpc) is 2.49. The maximum atomic E-state index is 12.0. The molecule has 5 heteroatoms. The van der Waals surface area contributed by atoms with Gasteiger partial charge in [-0.25, -0.2) is 0 Å². The van der Waals surface area contributed by atoms with E-state index in [1.54, 1.807) is 36.5 Å². The Morgan fingerprint density at radius 2 is 1.96 bits per heavy atom. The largest absolute Gasteiger partial charge is 0.512 e. The van der Waals surface area contributed by atoms with Crippen LogP contribution in [0.15, 0.2) is 53.9 Å². The molecule has 3 N–H and O–H groups in total. The zero-order valence-corrected chi connectivity index (χ0v) is 13.4. The van der Waals surface area contributed by atoms with Gasteiger partial charge in [0.15, 0.2) is 5.78 Å². The Hall–Kier alpha value is -2.82. The second kappa shape index (κ2) is 6.96. The first-order valence-corrected chi connectivity index (χ1v) is 7.28. The van der Waals surface area contributed by atoms with Crippen molar-refractivity contribution in [3.05, 3.63) is 65.2 Å². The predicted octanol–water partition coefficient (Wildman–Crippen LogP) is 3.67. The number of carbonyl (C=O) groups is 1.